The second-order valence-corrected chi connectivity index (χ2v) is 5.20. The van der Waals surface area contributed by atoms with Crippen LogP contribution in [-0.2, 0) is 11.3 Å². The molecule has 0 aliphatic rings. The third kappa shape index (κ3) is 3.80. The van der Waals surface area contributed by atoms with Gasteiger partial charge in [0, 0.05) is 17.6 Å². The van der Waals surface area contributed by atoms with Crippen LogP contribution < -0.4 is 16.6 Å². The number of hydrazine groups is 1. The zero-order chi connectivity index (χ0) is 14.5. The van der Waals surface area contributed by atoms with Crippen molar-refractivity contribution in [2.45, 2.75) is 6.61 Å². The Kier molecular flexibility index (Phi) is 5.13. The Morgan fingerprint density at radius 2 is 2.05 bits per heavy atom. The second-order valence-electron chi connectivity index (χ2n) is 3.88. The van der Waals surface area contributed by atoms with Gasteiger partial charge in [0.05, 0.1) is 10.7 Å². The number of aromatic nitrogens is 2. The summed E-state index contributed by atoms with van der Waals surface area (Å²) in [5.41, 5.74) is 3.22. The van der Waals surface area contributed by atoms with E-state index in [1.807, 2.05) is 12.1 Å². The SMILES string of the molecule is COCc1nc(NN)cc(Nc2cc(Br)ccc2Cl)n1. The smallest absolute Gasteiger partial charge is 0.158 e. The van der Waals surface area contributed by atoms with Crippen LogP contribution in [0.3, 0.4) is 0 Å². The fraction of sp³-hybridized carbons (Fsp3) is 0.167. The molecule has 0 aliphatic carbocycles. The number of methoxy groups -OCH3 is 1. The molecule has 1 aromatic carbocycles. The van der Waals surface area contributed by atoms with E-state index in [0.717, 1.165) is 10.2 Å². The summed E-state index contributed by atoms with van der Waals surface area (Å²) in [4.78, 5) is 8.49. The first-order valence-electron chi connectivity index (χ1n) is 5.68. The highest BCUT2D eigenvalue weighted by Gasteiger charge is 2.07. The maximum Gasteiger partial charge on any atom is 0.158 e. The Labute approximate surface area is 129 Å². The van der Waals surface area contributed by atoms with Crippen LogP contribution in [0.15, 0.2) is 28.7 Å². The lowest BCUT2D eigenvalue weighted by molar-refractivity contribution is 0.178. The number of nitrogens with zero attached hydrogens (tertiary/aromatic N) is 2. The first-order valence-corrected chi connectivity index (χ1v) is 6.85. The maximum atomic E-state index is 6.13. The Morgan fingerprint density at radius 3 is 2.75 bits per heavy atom. The van der Waals surface area contributed by atoms with Crippen LogP contribution in [0.4, 0.5) is 17.3 Å². The Morgan fingerprint density at radius 1 is 1.30 bits per heavy atom. The van der Waals surface area contributed by atoms with Gasteiger partial charge in [-0.2, -0.15) is 0 Å². The average Bonchev–Trinajstić information content (AvgIpc) is 2.43. The average molecular weight is 359 g/mol. The number of nitrogen functional groups attached to an aromatic ring is 1. The molecule has 106 valence electrons. The van der Waals surface area contributed by atoms with Crippen molar-refractivity contribution >= 4 is 44.9 Å². The third-order valence-corrected chi connectivity index (χ3v) is 3.21. The van der Waals surface area contributed by atoms with Crippen LogP contribution in [-0.4, -0.2) is 17.1 Å². The summed E-state index contributed by atoms with van der Waals surface area (Å²) in [5, 5.41) is 3.71. The van der Waals surface area contributed by atoms with E-state index in [4.69, 9.17) is 22.2 Å². The second kappa shape index (κ2) is 6.85. The zero-order valence-electron chi connectivity index (χ0n) is 10.7. The molecule has 0 fully saturated rings. The van der Waals surface area contributed by atoms with Gasteiger partial charge in [-0.05, 0) is 18.2 Å². The summed E-state index contributed by atoms with van der Waals surface area (Å²) in [6.07, 6.45) is 0. The molecule has 1 heterocycles. The molecule has 0 bridgehead atoms. The number of hydrogen-bond donors (Lipinski definition) is 3. The topological polar surface area (TPSA) is 85.1 Å². The molecule has 0 spiro atoms. The number of hydrogen-bond acceptors (Lipinski definition) is 6. The largest absolute Gasteiger partial charge is 0.377 e. The van der Waals surface area contributed by atoms with E-state index in [0.29, 0.717) is 22.5 Å². The Bertz CT molecular complexity index is 610. The minimum Gasteiger partial charge on any atom is -0.377 e. The van der Waals surface area contributed by atoms with Crippen LogP contribution in [0, 0.1) is 0 Å². The first kappa shape index (κ1) is 15.0. The molecular formula is C12H13BrClN5O. The van der Waals surface area contributed by atoms with Crippen LogP contribution in [0.25, 0.3) is 0 Å². The number of ether oxygens (including phenoxy) is 1. The molecule has 4 N–H and O–H groups in total. The molecule has 0 aliphatic heterocycles. The molecule has 0 unspecified atom stereocenters. The van der Waals surface area contributed by atoms with Crippen LogP contribution in [0.2, 0.25) is 5.02 Å². The summed E-state index contributed by atoms with van der Waals surface area (Å²) < 4.78 is 5.93. The fourth-order valence-electron chi connectivity index (χ4n) is 1.56. The quantitative estimate of drug-likeness (QED) is 0.562. The van der Waals surface area contributed by atoms with E-state index in [2.05, 4.69) is 36.6 Å². The van der Waals surface area contributed by atoms with Gasteiger partial charge in [0.15, 0.2) is 5.82 Å². The van der Waals surface area contributed by atoms with E-state index in [9.17, 15) is 0 Å². The third-order valence-electron chi connectivity index (χ3n) is 2.38. The number of nitrogens with two attached hydrogens (primary N) is 1. The van der Waals surface area contributed by atoms with Crippen molar-refractivity contribution < 1.29 is 4.74 Å². The number of nitrogens with one attached hydrogen (secondary N) is 2. The fourth-order valence-corrected chi connectivity index (χ4v) is 2.09. The molecule has 0 radical (unpaired) electrons. The molecule has 1 aromatic heterocycles. The summed E-state index contributed by atoms with van der Waals surface area (Å²) >= 11 is 9.52. The highest BCUT2D eigenvalue weighted by atomic mass is 79.9. The van der Waals surface area contributed by atoms with Crippen molar-refractivity contribution in [2.75, 3.05) is 17.9 Å². The van der Waals surface area contributed by atoms with E-state index < -0.39 is 0 Å². The number of anilines is 3. The lowest BCUT2D eigenvalue weighted by Gasteiger charge is -2.11. The summed E-state index contributed by atoms with van der Waals surface area (Å²) in [6, 6.07) is 7.18. The molecule has 0 amide bonds. The maximum absolute atomic E-state index is 6.13. The highest BCUT2D eigenvalue weighted by Crippen LogP contribution is 2.28. The van der Waals surface area contributed by atoms with Gasteiger partial charge in [-0.1, -0.05) is 27.5 Å². The Balaban J connectivity index is 2.32. The van der Waals surface area contributed by atoms with E-state index in [-0.39, 0.29) is 6.61 Å². The van der Waals surface area contributed by atoms with Crippen LogP contribution >= 0.6 is 27.5 Å². The predicted octanol–water partition coefficient (Wildman–Crippen LogP) is 3.07. The van der Waals surface area contributed by atoms with Crippen LogP contribution in [0.1, 0.15) is 5.82 Å². The van der Waals surface area contributed by atoms with Gasteiger partial charge in [-0.25, -0.2) is 15.8 Å². The summed E-state index contributed by atoms with van der Waals surface area (Å²) in [7, 11) is 1.57. The highest BCUT2D eigenvalue weighted by molar-refractivity contribution is 9.10. The predicted molar refractivity (Wildman–Crippen MR) is 83.0 cm³/mol. The number of halogens is 2. The van der Waals surface area contributed by atoms with Gasteiger partial charge in [-0.3, -0.25) is 0 Å². The minimum absolute atomic E-state index is 0.288. The van der Waals surface area contributed by atoms with Gasteiger partial charge < -0.3 is 15.5 Å². The summed E-state index contributed by atoms with van der Waals surface area (Å²) in [5.74, 6) is 6.96. The Hall–Kier alpha value is -1.41. The lowest BCUT2D eigenvalue weighted by Crippen LogP contribution is -2.11. The van der Waals surface area contributed by atoms with Gasteiger partial charge in [0.1, 0.15) is 18.2 Å². The number of benzene rings is 1. The molecule has 2 rings (SSSR count). The van der Waals surface area contributed by atoms with Gasteiger partial charge in [0.25, 0.3) is 0 Å². The molecule has 6 nitrogen and oxygen atoms in total. The molecule has 0 saturated carbocycles. The molecule has 20 heavy (non-hydrogen) atoms. The van der Waals surface area contributed by atoms with Gasteiger partial charge in [0.2, 0.25) is 0 Å². The van der Waals surface area contributed by atoms with E-state index >= 15 is 0 Å². The van der Waals surface area contributed by atoms with Gasteiger partial charge in [-0.15, -0.1) is 0 Å². The first-order chi connectivity index (χ1) is 9.62. The lowest BCUT2D eigenvalue weighted by atomic mass is 10.3. The standard InChI is InChI=1S/C12H13BrClN5O/c1-20-6-12-17-10(5-11(18-12)19-15)16-9-4-7(13)2-3-8(9)14/h2-5H,6,15H2,1H3,(H2,16,17,18,19). The zero-order valence-corrected chi connectivity index (χ0v) is 13.0. The monoisotopic (exact) mass is 357 g/mol. The minimum atomic E-state index is 0.288. The van der Waals surface area contributed by atoms with Crippen molar-refractivity contribution in [3.8, 4) is 0 Å². The normalized spacial score (nSPS) is 10.4. The van der Waals surface area contributed by atoms with E-state index in [1.54, 1.807) is 19.2 Å². The van der Waals surface area contributed by atoms with Crippen molar-refractivity contribution in [2.24, 2.45) is 5.84 Å². The molecule has 2 aromatic rings. The van der Waals surface area contributed by atoms with Crippen molar-refractivity contribution in [1.82, 2.24) is 9.97 Å². The molecule has 8 heteroatoms. The van der Waals surface area contributed by atoms with Crippen LogP contribution in [0.5, 0.6) is 0 Å². The van der Waals surface area contributed by atoms with Crippen molar-refractivity contribution in [1.29, 1.82) is 0 Å². The van der Waals surface area contributed by atoms with E-state index in [1.165, 1.54) is 0 Å². The van der Waals surface area contributed by atoms with Gasteiger partial charge >= 0.3 is 0 Å². The number of rotatable bonds is 5. The van der Waals surface area contributed by atoms with Crippen molar-refractivity contribution in [3.63, 3.8) is 0 Å². The molecule has 0 atom stereocenters. The molecule has 0 saturated heterocycles. The van der Waals surface area contributed by atoms with Crippen molar-refractivity contribution in [3.05, 3.63) is 39.6 Å². The molecular weight excluding hydrogens is 346 g/mol. The summed E-state index contributed by atoms with van der Waals surface area (Å²) in [6.45, 7) is 0.288.